The monoisotopic (exact) mass is 302 g/mol. The molecule has 2 aromatic rings. The quantitative estimate of drug-likeness (QED) is 0.909. The Morgan fingerprint density at radius 3 is 2.48 bits per heavy atom. The zero-order valence-corrected chi connectivity index (χ0v) is 12.9. The van der Waals surface area contributed by atoms with E-state index >= 15 is 0 Å². The van der Waals surface area contributed by atoms with Crippen molar-refractivity contribution in [3.05, 3.63) is 70.7 Å². The third-order valence-corrected chi connectivity index (χ3v) is 3.78. The molecular formula is C17H19ClN2O. The summed E-state index contributed by atoms with van der Waals surface area (Å²) in [5.74, 6) is -0.221. The van der Waals surface area contributed by atoms with Gasteiger partial charge in [0.1, 0.15) is 5.54 Å². The molecule has 0 aromatic heterocycles. The van der Waals surface area contributed by atoms with Crippen LogP contribution in [0.2, 0.25) is 5.02 Å². The number of rotatable bonds is 4. The molecule has 1 unspecified atom stereocenters. The van der Waals surface area contributed by atoms with Crippen LogP contribution >= 0.6 is 11.6 Å². The van der Waals surface area contributed by atoms with Crippen LogP contribution in [0.5, 0.6) is 0 Å². The van der Waals surface area contributed by atoms with E-state index in [1.807, 2.05) is 55.5 Å². The number of nitrogens with one attached hydrogen (secondary N) is 1. The molecule has 1 amide bonds. The van der Waals surface area contributed by atoms with Gasteiger partial charge in [-0.1, -0.05) is 54.1 Å². The molecule has 0 bridgehead atoms. The van der Waals surface area contributed by atoms with Gasteiger partial charge in [0.25, 0.3) is 0 Å². The molecule has 0 radical (unpaired) electrons. The van der Waals surface area contributed by atoms with Gasteiger partial charge in [0.15, 0.2) is 0 Å². The summed E-state index contributed by atoms with van der Waals surface area (Å²) in [6, 6.07) is 16.6. The van der Waals surface area contributed by atoms with Crippen LogP contribution in [0.25, 0.3) is 0 Å². The normalized spacial score (nSPS) is 15.0. The van der Waals surface area contributed by atoms with Crippen LogP contribution in [0.4, 0.5) is 0 Å². The molecule has 0 aliphatic carbocycles. The summed E-state index contributed by atoms with van der Waals surface area (Å²) in [5, 5.41) is 3.59. The average molecular weight is 303 g/mol. The van der Waals surface area contributed by atoms with E-state index in [2.05, 4.69) is 5.32 Å². The SMILES string of the molecule is C[C@@H](NC(=O)C(C)(N)c1ccccc1)c1cccc(Cl)c1. The van der Waals surface area contributed by atoms with Crippen molar-refractivity contribution in [3.8, 4) is 0 Å². The van der Waals surface area contributed by atoms with Crippen LogP contribution in [-0.2, 0) is 10.3 Å². The van der Waals surface area contributed by atoms with E-state index in [1.165, 1.54) is 0 Å². The van der Waals surface area contributed by atoms with Gasteiger partial charge in [-0.05, 0) is 37.1 Å². The summed E-state index contributed by atoms with van der Waals surface area (Å²) in [6.07, 6.45) is 0. The number of hydrogen-bond acceptors (Lipinski definition) is 2. The maximum Gasteiger partial charge on any atom is 0.244 e. The predicted octanol–water partition coefficient (Wildman–Crippen LogP) is 3.39. The first-order valence-electron chi connectivity index (χ1n) is 6.82. The molecule has 0 fully saturated rings. The Bertz CT molecular complexity index is 626. The van der Waals surface area contributed by atoms with Crippen molar-refractivity contribution in [1.82, 2.24) is 5.32 Å². The molecular weight excluding hydrogens is 284 g/mol. The van der Waals surface area contributed by atoms with Crippen LogP contribution in [-0.4, -0.2) is 5.91 Å². The number of carbonyl (C=O) groups is 1. The third kappa shape index (κ3) is 3.63. The fourth-order valence-electron chi connectivity index (χ4n) is 2.12. The van der Waals surface area contributed by atoms with Crippen LogP contribution < -0.4 is 11.1 Å². The fraction of sp³-hybridized carbons (Fsp3) is 0.235. The zero-order valence-electron chi connectivity index (χ0n) is 12.1. The first-order valence-corrected chi connectivity index (χ1v) is 7.20. The van der Waals surface area contributed by atoms with Gasteiger partial charge in [0.2, 0.25) is 5.91 Å². The average Bonchev–Trinajstić information content (AvgIpc) is 2.48. The van der Waals surface area contributed by atoms with Gasteiger partial charge in [-0.15, -0.1) is 0 Å². The molecule has 0 aliphatic rings. The molecule has 0 aliphatic heterocycles. The highest BCUT2D eigenvalue weighted by atomic mass is 35.5. The summed E-state index contributed by atoms with van der Waals surface area (Å²) < 4.78 is 0. The molecule has 2 aromatic carbocycles. The van der Waals surface area contributed by atoms with Crippen molar-refractivity contribution in [1.29, 1.82) is 0 Å². The Kier molecular flexibility index (Phi) is 4.66. The van der Waals surface area contributed by atoms with Gasteiger partial charge in [-0.25, -0.2) is 0 Å². The highest BCUT2D eigenvalue weighted by molar-refractivity contribution is 6.30. The molecule has 2 atom stereocenters. The molecule has 0 saturated carbocycles. The highest BCUT2D eigenvalue weighted by Gasteiger charge is 2.31. The lowest BCUT2D eigenvalue weighted by Gasteiger charge is -2.26. The van der Waals surface area contributed by atoms with Gasteiger partial charge in [0, 0.05) is 5.02 Å². The van der Waals surface area contributed by atoms with Crippen molar-refractivity contribution >= 4 is 17.5 Å². The Labute approximate surface area is 130 Å². The molecule has 110 valence electrons. The van der Waals surface area contributed by atoms with Crippen molar-refractivity contribution in [2.24, 2.45) is 5.73 Å². The van der Waals surface area contributed by atoms with Crippen LogP contribution in [0.1, 0.15) is 31.0 Å². The second kappa shape index (κ2) is 6.29. The highest BCUT2D eigenvalue weighted by Crippen LogP contribution is 2.21. The number of halogens is 1. The first kappa shape index (κ1) is 15.5. The molecule has 0 heterocycles. The molecule has 3 nitrogen and oxygen atoms in total. The summed E-state index contributed by atoms with van der Waals surface area (Å²) in [4.78, 5) is 12.5. The summed E-state index contributed by atoms with van der Waals surface area (Å²) in [5.41, 5.74) is 6.85. The molecule has 21 heavy (non-hydrogen) atoms. The molecule has 2 rings (SSSR count). The van der Waals surface area contributed by atoms with Crippen molar-refractivity contribution in [3.63, 3.8) is 0 Å². The maximum absolute atomic E-state index is 12.5. The lowest BCUT2D eigenvalue weighted by molar-refractivity contribution is -0.126. The second-order valence-electron chi connectivity index (χ2n) is 5.32. The number of hydrogen-bond donors (Lipinski definition) is 2. The second-order valence-corrected chi connectivity index (χ2v) is 5.75. The van der Waals surface area contributed by atoms with Crippen molar-refractivity contribution in [2.75, 3.05) is 0 Å². The zero-order chi connectivity index (χ0) is 15.5. The van der Waals surface area contributed by atoms with Crippen LogP contribution in [0.3, 0.4) is 0 Å². The first-order chi connectivity index (χ1) is 9.91. The van der Waals surface area contributed by atoms with Crippen LogP contribution in [0, 0.1) is 0 Å². The smallest absolute Gasteiger partial charge is 0.244 e. The minimum atomic E-state index is -1.08. The van der Waals surface area contributed by atoms with E-state index in [-0.39, 0.29) is 11.9 Å². The Morgan fingerprint density at radius 2 is 1.86 bits per heavy atom. The standard InChI is InChI=1S/C17H19ClN2O/c1-12(13-7-6-10-15(18)11-13)20-16(21)17(2,19)14-8-4-3-5-9-14/h3-12H,19H2,1-2H3,(H,20,21)/t12-,17?/m1/s1. The van der Waals surface area contributed by atoms with E-state index in [0.29, 0.717) is 5.02 Å². The fourth-order valence-corrected chi connectivity index (χ4v) is 2.32. The van der Waals surface area contributed by atoms with E-state index in [9.17, 15) is 4.79 Å². The van der Waals surface area contributed by atoms with Crippen molar-refractivity contribution < 1.29 is 4.79 Å². The summed E-state index contributed by atoms with van der Waals surface area (Å²) in [7, 11) is 0. The number of benzene rings is 2. The van der Waals surface area contributed by atoms with Gasteiger partial charge in [-0.3, -0.25) is 4.79 Å². The van der Waals surface area contributed by atoms with E-state index < -0.39 is 5.54 Å². The summed E-state index contributed by atoms with van der Waals surface area (Å²) >= 11 is 5.97. The molecule has 0 spiro atoms. The largest absolute Gasteiger partial charge is 0.348 e. The maximum atomic E-state index is 12.5. The van der Waals surface area contributed by atoms with Gasteiger partial charge in [0.05, 0.1) is 6.04 Å². The Morgan fingerprint density at radius 1 is 1.19 bits per heavy atom. The van der Waals surface area contributed by atoms with Crippen molar-refractivity contribution in [2.45, 2.75) is 25.4 Å². The van der Waals surface area contributed by atoms with Crippen LogP contribution in [0.15, 0.2) is 54.6 Å². The Hall–Kier alpha value is -1.84. The lowest BCUT2D eigenvalue weighted by Crippen LogP contribution is -2.49. The summed E-state index contributed by atoms with van der Waals surface area (Å²) in [6.45, 7) is 3.62. The molecule has 4 heteroatoms. The van der Waals surface area contributed by atoms with E-state index in [0.717, 1.165) is 11.1 Å². The van der Waals surface area contributed by atoms with Gasteiger partial charge >= 0.3 is 0 Å². The predicted molar refractivity (Wildman–Crippen MR) is 86.0 cm³/mol. The van der Waals surface area contributed by atoms with E-state index in [1.54, 1.807) is 13.0 Å². The minimum Gasteiger partial charge on any atom is -0.348 e. The topological polar surface area (TPSA) is 55.1 Å². The van der Waals surface area contributed by atoms with E-state index in [4.69, 9.17) is 17.3 Å². The molecule has 0 saturated heterocycles. The molecule has 3 N–H and O–H groups in total. The number of carbonyl (C=O) groups excluding carboxylic acids is 1. The third-order valence-electron chi connectivity index (χ3n) is 3.54. The number of nitrogens with two attached hydrogens (primary N) is 1. The Balaban J connectivity index is 2.14. The van der Waals surface area contributed by atoms with Gasteiger partial charge < -0.3 is 11.1 Å². The van der Waals surface area contributed by atoms with Gasteiger partial charge in [-0.2, -0.15) is 0 Å². The number of amides is 1. The minimum absolute atomic E-state index is 0.164. The lowest BCUT2D eigenvalue weighted by atomic mass is 9.91.